The van der Waals surface area contributed by atoms with Gasteiger partial charge in [0.05, 0.1) is 29.5 Å². The van der Waals surface area contributed by atoms with Gasteiger partial charge in [0.15, 0.2) is 0 Å². The molecule has 0 aliphatic heterocycles. The summed E-state index contributed by atoms with van der Waals surface area (Å²) in [5.41, 5.74) is -0.121. The van der Waals surface area contributed by atoms with Gasteiger partial charge < -0.3 is 4.74 Å². The van der Waals surface area contributed by atoms with Gasteiger partial charge in [-0.15, -0.1) is 0 Å². The summed E-state index contributed by atoms with van der Waals surface area (Å²) >= 11 is 0. The number of rotatable bonds is 4. The molecule has 0 aliphatic rings. The Kier molecular flexibility index (Phi) is 4.05. The number of nitriles is 1. The van der Waals surface area contributed by atoms with Crippen molar-refractivity contribution in [2.45, 2.75) is 4.90 Å². The average Bonchev–Trinajstić information content (AvgIpc) is 2.48. The summed E-state index contributed by atoms with van der Waals surface area (Å²) in [7, 11) is -2.49. The molecule has 0 spiro atoms. The van der Waals surface area contributed by atoms with E-state index in [9.17, 15) is 12.8 Å². The molecular formula is C13H10FN3O3S. The van der Waals surface area contributed by atoms with Gasteiger partial charge in [0.25, 0.3) is 10.0 Å². The maximum absolute atomic E-state index is 13.2. The van der Waals surface area contributed by atoms with Crippen LogP contribution in [0.25, 0.3) is 0 Å². The van der Waals surface area contributed by atoms with E-state index in [0.717, 1.165) is 18.2 Å². The highest BCUT2D eigenvalue weighted by molar-refractivity contribution is 7.92. The van der Waals surface area contributed by atoms with Crippen LogP contribution in [0.3, 0.4) is 0 Å². The highest BCUT2D eigenvalue weighted by atomic mass is 32.2. The van der Waals surface area contributed by atoms with E-state index in [-0.39, 0.29) is 16.1 Å². The van der Waals surface area contributed by atoms with Crippen molar-refractivity contribution in [3.63, 3.8) is 0 Å². The molecule has 6 nitrogen and oxygen atoms in total. The van der Waals surface area contributed by atoms with Crippen LogP contribution in [0.1, 0.15) is 5.56 Å². The molecule has 0 radical (unpaired) electrons. The lowest BCUT2D eigenvalue weighted by molar-refractivity contribution is 0.398. The van der Waals surface area contributed by atoms with E-state index in [1.54, 1.807) is 6.07 Å². The summed E-state index contributed by atoms with van der Waals surface area (Å²) in [6.07, 6.45) is 1.28. The minimum absolute atomic E-state index is 0.212. The third-order valence-corrected chi connectivity index (χ3v) is 3.95. The van der Waals surface area contributed by atoms with Crippen molar-refractivity contribution in [2.75, 3.05) is 11.8 Å². The molecule has 1 heterocycles. The van der Waals surface area contributed by atoms with Crippen LogP contribution in [0.5, 0.6) is 5.88 Å². The van der Waals surface area contributed by atoms with Gasteiger partial charge in [-0.1, -0.05) is 0 Å². The predicted octanol–water partition coefficient (Wildman–Crippen LogP) is 1.90. The zero-order chi connectivity index (χ0) is 15.5. The minimum Gasteiger partial charge on any atom is -0.481 e. The monoisotopic (exact) mass is 307 g/mol. The normalized spacial score (nSPS) is 10.7. The molecule has 0 atom stereocenters. The van der Waals surface area contributed by atoms with Crippen molar-refractivity contribution in [1.29, 1.82) is 5.26 Å². The summed E-state index contributed by atoms with van der Waals surface area (Å²) in [4.78, 5) is 3.65. The fourth-order valence-electron chi connectivity index (χ4n) is 1.53. The number of pyridine rings is 1. The number of anilines is 1. The Bertz CT molecular complexity index is 798. The molecule has 0 saturated carbocycles. The zero-order valence-electron chi connectivity index (χ0n) is 10.9. The minimum atomic E-state index is -3.93. The van der Waals surface area contributed by atoms with Crippen LogP contribution in [-0.4, -0.2) is 20.5 Å². The van der Waals surface area contributed by atoms with Crippen molar-refractivity contribution in [3.05, 3.63) is 47.9 Å². The number of hydrogen-bond acceptors (Lipinski definition) is 5. The van der Waals surface area contributed by atoms with Crippen molar-refractivity contribution in [2.24, 2.45) is 0 Å². The molecule has 1 N–H and O–H groups in total. The van der Waals surface area contributed by atoms with Crippen LogP contribution in [-0.2, 0) is 10.0 Å². The SMILES string of the molecule is COc1ccc(NS(=O)(=O)c2ccc(F)c(C#N)c2)cn1. The number of methoxy groups -OCH3 is 1. The van der Waals surface area contributed by atoms with Crippen molar-refractivity contribution < 1.29 is 17.5 Å². The first-order valence-corrected chi connectivity index (χ1v) is 7.17. The Labute approximate surface area is 120 Å². The second-order valence-corrected chi connectivity index (χ2v) is 5.63. The van der Waals surface area contributed by atoms with Gasteiger partial charge in [0.1, 0.15) is 11.9 Å². The van der Waals surface area contributed by atoms with Crippen molar-refractivity contribution in [1.82, 2.24) is 4.98 Å². The lowest BCUT2D eigenvalue weighted by Crippen LogP contribution is -2.13. The zero-order valence-corrected chi connectivity index (χ0v) is 11.7. The van der Waals surface area contributed by atoms with Crippen LogP contribution < -0.4 is 9.46 Å². The average molecular weight is 307 g/mol. The van der Waals surface area contributed by atoms with E-state index < -0.39 is 15.8 Å². The Balaban J connectivity index is 2.31. The first kappa shape index (κ1) is 14.7. The van der Waals surface area contributed by atoms with Gasteiger partial charge >= 0.3 is 0 Å². The Morgan fingerprint density at radius 2 is 2.10 bits per heavy atom. The number of aromatic nitrogens is 1. The number of nitrogens with zero attached hydrogens (tertiary/aromatic N) is 2. The Hall–Kier alpha value is -2.66. The highest BCUT2D eigenvalue weighted by Crippen LogP contribution is 2.19. The highest BCUT2D eigenvalue weighted by Gasteiger charge is 2.16. The number of hydrogen-bond donors (Lipinski definition) is 1. The van der Waals surface area contributed by atoms with E-state index in [2.05, 4.69) is 9.71 Å². The van der Waals surface area contributed by atoms with Crippen LogP contribution in [0, 0.1) is 17.1 Å². The fourth-order valence-corrected chi connectivity index (χ4v) is 2.60. The summed E-state index contributed by atoms with van der Waals surface area (Å²) in [6.45, 7) is 0. The summed E-state index contributed by atoms with van der Waals surface area (Å²) in [5, 5.41) is 8.73. The second-order valence-electron chi connectivity index (χ2n) is 3.95. The Morgan fingerprint density at radius 3 is 2.67 bits per heavy atom. The number of benzene rings is 1. The predicted molar refractivity (Wildman–Crippen MR) is 72.7 cm³/mol. The van der Waals surface area contributed by atoms with E-state index in [1.165, 1.54) is 25.4 Å². The first-order valence-electron chi connectivity index (χ1n) is 5.69. The second kappa shape index (κ2) is 5.76. The molecule has 0 amide bonds. The number of halogens is 1. The van der Waals surface area contributed by atoms with Crippen LogP contribution in [0.4, 0.5) is 10.1 Å². The Morgan fingerprint density at radius 1 is 1.33 bits per heavy atom. The first-order chi connectivity index (χ1) is 9.96. The molecule has 108 valence electrons. The van der Waals surface area contributed by atoms with Crippen LogP contribution in [0.2, 0.25) is 0 Å². The molecule has 0 fully saturated rings. The quantitative estimate of drug-likeness (QED) is 0.931. The van der Waals surface area contributed by atoms with E-state index in [0.29, 0.717) is 5.88 Å². The van der Waals surface area contributed by atoms with Crippen LogP contribution in [0.15, 0.2) is 41.4 Å². The molecule has 0 unspecified atom stereocenters. The third-order valence-electron chi connectivity index (χ3n) is 2.57. The summed E-state index contributed by atoms with van der Waals surface area (Å²) < 4.78 is 44.6. The van der Waals surface area contributed by atoms with Crippen molar-refractivity contribution >= 4 is 15.7 Å². The van der Waals surface area contributed by atoms with Gasteiger partial charge in [0, 0.05) is 6.07 Å². The number of ether oxygens (including phenoxy) is 1. The van der Waals surface area contributed by atoms with E-state index >= 15 is 0 Å². The van der Waals surface area contributed by atoms with Gasteiger partial charge in [0.2, 0.25) is 5.88 Å². The molecular weight excluding hydrogens is 297 g/mol. The van der Waals surface area contributed by atoms with Gasteiger partial charge in [-0.3, -0.25) is 4.72 Å². The van der Waals surface area contributed by atoms with Gasteiger partial charge in [-0.25, -0.2) is 17.8 Å². The van der Waals surface area contributed by atoms with Gasteiger partial charge in [-0.05, 0) is 24.3 Å². The molecule has 1 aromatic carbocycles. The number of nitrogens with one attached hydrogen (secondary N) is 1. The lowest BCUT2D eigenvalue weighted by atomic mass is 10.2. The topological polar surface area (TPSA) is 92.1 Å². The molecule has 21 heavy (non-hydrogen) atoms. The fraction of sp³-hybridized carbons (Fsp3) is 0.0769. The summed E-state index contributed by atoms with van der Waals surface area (Å²) in [5.74, 6) is -0.436. The van der Waals surface area contributed by atoms with Crippen LogP contribution >= 0.6 is 0 Å². The molecule has 0 aliphatic carbocycles. The standard InChI is InChI=1S/C13H10FN3O3S/c1-20-13-5-2-10(8-16-13)17-21(18,19)11-3-4-12(14)9(6-11)7-15/h2-6,8,17H,1H3. The molecule has 2 aromatic rings. The molecule has 2 rings (SSSR count). The maximum atomic E-state index is 13.2. The molecule has 1 aromatic heterocycles. The lowest BCUT2D eigenvalue weighted by Gasteiger charge is -2.08. The van der Waals surface area contributed by atoms with E-state index in [4.69, 9.17) is 10.00 Å². The summed E-state index contributed by atoms with van der Waals surface area (Å²) in [6, 6.07) is 7.53. The van der Waals surface area contributed by atoms with Crippen molar-refractivity contribution in [3.8, 4) is 11.9 Å². The largest absolute Gasteiger partial charge is 0.481 e. The number of sulfonamides is 1. The van der Waals surface area contributed by atoms with E-state index in [1.807, 2.05) is 0 Å². The smallest absolute Gasteiger partial charge is 0.261 e. The molecule has 0 bridgehead atoms. The molecule has 8 heteroatoms. The molecule has 0 saturated heterocycles. The maximum Gasteiger partial charge on any atom is 0.261 e. The third kappa shape index (κ3) is 3.27. The van der Waals surface area contributed by atoms with Gasteiger partial charge in [-0.2, -0.15) is 5.26 Å².